The molecule has 1 rings (SSSR count). The lowest BCUT2D eigenvalue weighted by Crippen LogP contribution is -2.40. The molecule has 0 saturated heterocycles. The van der Waals surface area contributed by atoms with E-state index >= 15 is 0 Å². The molecule has 0 unspecified atom stereocenters. The summed E-state index contributed by atoms with van der Waals surface area (Å²) in [4.78, 5) is 0. The first-order valence-corrected chi connectivity index (χ1v) is 4.60. The Balaban J connectivity index is 2.70. The van der Waals surface area contributed by atoms with Gasteiger partial charge >= 0.3 is 7.12 Å². The summed E-state index contributed by atoms with van der Waals surface area (Å²) >= 11 is 0. The van der Waals surface area contributed by atoms with Crippen LogP contribution in [-0.4, -0.2) is 17.7 Å². The number of anilines is 1. The highest BCUT2D eigenvalue weighted by molar-refractivity contribution is 6.60. The summed E-state index contributed by atoms with van der Waals surface area (Å²) in [6.45, 7) is 5.69. The average molecular weight is 193 g/mol. The van der Waals surface area contributed by atoms with E-state index in [4.69, 9.17) is 10.4 Å². The first-order chi connectivity index (χ1) is 6.38. The van der Waals surface area contributed by atoms with E-state index in [0.717, 1.165) is 0 Å². The smallest absolute Gasteiger partial charge is 0.423 e. The van der Waals surface area contributed by atoms with Crippen molar-refractivity contribution >= 4 is 18.3 Å². The van der Waals surface area contributed by atoms with Gasteiger partial charge < -0.3 is 15.4 Å². The predicted octanol–water partition coefficient (Wildman–Crippen LogP) is 0.771. The normalized spacial score (nSPS) is 11.4. The summed E-state index contributed by atoms with van der Waals surface area (Å²) in [5, 5.41) is 9.68. The Labute approximate surface area is 85.0 Å². The highest BCUT2D eigenvalue weighted by atomic mass is 16.5. The molecular weight excluding hydrogens is 177 g/mol. The summed E-state index contributed by atoms with van der Waals surface area (Å²) < 4.78 is 5.38. The monoisotopic (exact) mass is 193 g/mol. The van der Waals surface area contributed by atoms with E-state index in [1.54, 1.807) is 24.3 Å². The zero-order chi connectivity index (χ0) is 10.8. The quantitative estimate of drug-likeness (QED) is 0.538. The molecule has 0 atom stereocenters. The maximum absolute atomic E-state index is 9.68. The summed E-state index contributed by atoms with van der Waals surface area (Å²) in [6.07, 6.45) is 0. The van der Waals surface area contributed by atoms with Crippen molar-refractivity contribution in [1.82, 2.24) is 0 Å². The third-order valence-corrected chi connectivity index (χ3v) is 1.69. The number of hydrogen-bond acceptors (Lipinski definition) is 3. The molecule has 1 aromatic rings. The zero-order valence-corrected chi connectivity index (χ0v) is 8.82. The average Bonchev–Trinajstić information content (AvgIpc) is 2.02. The third kappa shape index (κ3) is 3.40. The molecule has 0 spiro atoms. The minimum atomic E-state index is -0.893. The predicted molar refractivity (Wildman–Crippen MR) is 59.3 cm³/mol. The second-order valence-electron chi connectivity index (χ2n) is 4.25. The van der Waals surface area contributed by atoms with E-state index in [0.29, 0.717) is 11.2 Å². The van der Waals surface area contributed by atoms with E-state index in [2.05, 4.69) is 0 Å². The minimum absolute atomic E-state index is 0.360. The van der Waals surface area contributed by atoms with Gasteiger partial charge in [-0.2, -0.15) is 0 Å². The SMILES string of the molecule is CC(C)(C)OB(O)c1ccc(N)cc1. The van der Waals surface area contributed by atoms with Crippen LogP contribution in [0.25, 0.3) is 0 Å². The van der Waals surface area contributed by atoms with Gasteiger partial charge in [0.2, 0.25) is 0 Å². The van der Waals surface area contributed by atoms with Gasteiger partial charge in [-0.1, -0.05) is 12.1 Å². The lowest BCUT2D eigenvalue weighted by Gasteiger charge is -2.22. The second kappa shape index (κ2) is 4.03. The van der Waals surface area contributed by atoms with Crippen molar-refractivity contribution in [2.24, 2.45) is 0 Å². The van der Waals surface area contributed by atoms with Gasteiger partial charge in [-0.25, -0.2) is 0 Å². The Hall–Kier alpha value is -0.995. The van der Waals surface area contributed by atoms with Crippen molar-refractivity contribution in [3.63, 3.8) is 0 Å². The van der Waals surface area contributed by atoms with Crippen LogP contribution in [0.15, 0.2) is 24.3 Å². The summed E-state index contributed by atoms with van der Waals surface area (Å²) in [5.74, 6) is 0. The standard InChI is InChI=1S/C10H16BNO2/c1-10(2,3)14-11(13)8-4-6-9(12)7-5-8/h4-7,13H,12H2,1-3H3. The highest BCUT2D eigenvalue weighted by Gasteiger charge is 2.23. The number of rotatable bonds is 2. The molecule has 0 aliphatic rings. The molecular formula is C10H16BNO2. The molecule has 0 fully saturated rings. The van der Waals surface area contributed by atoms with Gasteiger partial charge in [0, 0.05) is 11.3 Å². The number of nitrogen functional groups attached to an aromatic ring is 1. The molecule has 0 saturated carbocycles. The molecule has 3 nitrogen and oxygen atoms in total. The molecule has 0 radical (unpaired) electrons. The van der Waals surface area contributed by atoms with Gasteiger partial charge in [0.1, 0.15) is 0 Å². The molecule has 4 heteroatoms. The summed E-state index contributed by atoms with van der Waals surface area (Å²) in [7, 11) is -0.893. The molecule has 0 aromatic heterocycles. The van der Waals surface area contributed by atoms with Crippen molar-refractivity contribution < 1.29 is 9.68 Å². The maximum atomic E-state index is 9.68. The maximum Gasteiger partial charge on any atom is 0.491 e. The van der Waals surface area contributed by atoms with Gasteiger partial charge in [0.25, 0.3) is 0 Å². The van der Waals surface area contributed by atoms with Crippen LogP contribution in [0.4, 0.5) is 5.69 Å². The van der Waals surface area contributed by atoms with Crippen LogP contribution < -0.4 is 11.2 Å². The largest absolute Gasteiger partial charge is 0.491 e. The number of benzene rings is 1. The van der Waals surface area contributed by atoms with Crippen LogP contribution in [0, 0.1) is 0 Å². The van der Waals surface area contributed by atoms with Gasteiger partial charge in [-0.15, -0.1) is 0 Å². The molecule has 0 amide bonds. The lowest BCUT2D eigenvalue weighted by atomic mass is 9.78. The third-order valence-electron chi connectivity index (χ3n) is 1.69. The van der Waals surface area contributed by atoms with Crippen molar-refractivity contribution in [2.75, 3.05) is 5.73 Å². The molecule has 14 heavy (non-hydrogen) atoms. The zero-order valence-electron chi connectivity index (χ0n) is 8.82. The molecule has 0 aliphatic carbocycles. The number of nitrogens with two attached hydrogens (primary N) is 1. The lowest BCUT2D eigenvalue weighted by molar-refractivity contribution is 0.107. The molecule has 0 heterocycles. The first kappa shape index (κ1) is 11.1. The fourth-order valence-electron chi connectivity index (χ4n) is 1.06. The van der Waals surface area contributed by atoms with E-state index < -0.39 is 7.12 Å². The summed E-state index contributed by atoms with van der Waals surface area (Å²) in [6, 6.07) is 6.99. The van der Waals surface area contributed by atoms with Crippen molar-refractivity contribution in [2.45, 2.75) is 26.4 Å². The number of hydrogen-bond donors (Lipinski definition) is 2. The van der Waals surface area contributed by atoms with E-state index in [-0.39, 0.29) is 5.60 Å². The van der Waals surface area contributed by atoms with Gasteiger partial charge in [-0.3, -0.25) is 0 Å². The fraction of sp³-hybridized carbons (Fsp3) is 0.400. The van der Waals surface area contributed by atoms with Crippen LogP contribution in [0.2, 0.25) is 0 Å². The van der Waals surface area contributed by atoms with E-state index in [1.807, 2.05) is 20.8 Å². The van der Waals surface area contributed by atoms with Crippen LogP contribution in [0.1, 0.15) is 20.8 Å². The van der Waals surface area contributed by atoms with Crippen LogP contribution in [-0.2, 0) is 4.65 Å². The van der Waals surface area contributed by atoms with Gasteiger partial charge in [0.15, 0.2) is 0 Å². The fourth-order valence-corrected chi connectivity index (χ4v) is 1.06. The van der Waals surface area contributed by atoms with Gasteiger partial charge in [-0.05, 0) is 38.4 Å². The molecule has 1 aromatic carbocycles. The van der Waals surface area contributed by atoms with Crippen molar-refractivity contribution in [3.05, 3.63) is 24.3 Å². The molecule has 3 N–H and O–H groups in total. The van der Waals surface area contributed by atoms with E-state index in [1.165, 1.54) is 0 Å². The molecule has 76 valence electrons. The first-order valence-electron chi connectivity index (χ1n) is 4.60. The Morgan fingerprint density at radius 1 is 1.21 bits per heavy atom. The Morgan fingerprint density at radius 2 is 1.71 bits per heavy atom. The second-order valence-corrected chi connectivity index (χ2v) is 4.25. The molecule has 0 bridgehead atoms. The van der Waals surface area contributed by atoms with Crippen LogP contribution in [0.5, 0.6) is 0 Å². The highest BCUT2D eigenvalue weighted by Crippen LogP contribution is 2.08. The van der Waals surface area contributed by atoms with Crippen LogP contribution in [0.3, 0.4) is 0 Å². The topological polar surface area (TPSA) is 55.5 Å². The summed E-state index contributed by atoms with van der Waals surface area (Å²) in [5.41, 5.74) is 6.57. The van der Waals surface area contributed by atoms with Crippen LogP contribution >= 0.6 is 0 Å². The van der Waals surface area contributed by atoms with Gasteiger partial charge in [0.05, 0.1) is 0 Å². The van der Waals surface area contributed by atoms with E-state index in [9.17, 15) is 5.02 Å². The van der Waals surface area contributed by atoms with Crippen molar-refractivity contribution in [3.8, 4) is 0 Å². The Morgan fingerprint density at radius 3 is 2.14 bits per heavy atom. The van der Waals surface area contributed by atoms with Crippen molar-refractivity contribution in [1.29, 1.82) is 0 Å². The Kier molecular flexibility index (Phi) is 3.19. The molecule has 0 aliphatic heterocycles. The minimum Gasteiger partial charge on any atom is -0.423 e. The Bertz CT molecular complexity index is 292.